The average Bonchev–Trinajstić information content (AvgIpc) is 3.27. The quantitative estimate of drug-likeness (QED) is 0.412. The Kier molecular flexibility index (Phi) is 6.81. The van der Waals surface area contributed by atoms with Crippen LogP contribution >= 0.6 is 0 Å². The van der Waals surface area contributed by atoms with Gasteiger partial charge in [0.1, 0.15) is 0 Å². The molecule has 0 atom stereocenters. The number of aromatic nitrogens is 3. The minimum absolute atomic E-state index is 0.169. The van der Waals surface area contributed by atoms with E-state index >= 15 is 0 Å². The van der Waals surface area contributed by atoms with E-state index in [1.807, 2.05) is 58.0 Å². The van der Waals surface area contributed by atoms with Gasteiger partial charge in [-0.15, -0.1) is 0 Å². The van der Waals surface area contributed by atoms with Crippen molar-refractivity contribution >= 4 is 27.3 Å². The van der Waals surface area contributed by atoms with E-state index in [2.05, 4.69) is 10.4 Å². The highest BCUT2D eigenvalue weighted by Gasteiger charge is 2.30. The number of sulfonamides is 1. The van der Waals surface area contributed by atoms with Crippen LogP contribution in [-0.2, 0) is 14.8 Å². The number of benzene rings is 2. The molecule has 0 bridgehead atoms. The summed E-state index contributed by atoms with van der Waals surface area (Å²) in [5.74, 6) is -0.399. The van der Waals surface area contributed by atoms with Crippen LogP contribution in [0.15, 0.2) is 47.4 Å². The molecule has 4 aromatic rings. The number of ether oxygens (including phenoxy) is 1. The normalized spacial score (nSPS) is 14.7. The molecule has 0 unspecified atom stereocenters. The van der Waals surface area contributed by atoms with Crippen LogP contribution in [0.4, 0.5) is 5.69 Å². The van der Waals surface area contributed by atoms with E-state index in [0.29, 0.717) is 54.3 Å². The summed E-state index contributed by atoms with van der Waals surface area (Å²) in [6, 6.07) is 12.8. The van der Waals surface area contributed by atoms with E-state index in [9.17, 15) is 13.2 Å². The van der Waals surface area contributed by atoms with E-state index in [-0.39, 0.29) is 10.6 Å². The summed E-state index contributed by atoms with van der Waals surface area (Å²) in [5.41, 5.74) is 6.74. The van der Waals surface area contributed by atoms with Gasteiger partial charge >= 0.3 is 0 Å². The molecule has 1 amide bonds. The highest BCUT2D eigenvalue weighted by Crippen LogP contribution is 2.33. The lowest BCUT2D eigenvalue weighted by molar-refractivity contribution is 0.0730. The maximum atomic E-state index is 13.6. The lowest BCUT2D eigenvalue weighted by Crippen LogP contribution is -2.40. The predicted molar refractivity (Wildman–Crippen MR) is 146 cm³/mol. The van der Waals surface area contributed by atoms with Gasteiger partial charge in [-0.25, -0.2) is 17.9 Å². The monoisotopic (exact) mass is 533 g/mol. The third-order valence-electron chi connectivity index (χ3n) is 6.94. The molecule has 0 radical (unpaired) electrons. The molecule has 10 heteroatoms. The Morgan fingerprint density at radius 1 is 0.921 bits per heavy atom. The van der Waals surface area contributed by atoms with Crippen molar-refractivity contribution in [2.45, 2.75) is 39.5 Å². The van der Waals surface area contributed by atoms with Crippen LogP contribution in [0.25, 0.3) is 16.8 Å². The second kappa shape index (κ2) is 9.94. The minimum atomic E-state index is -3.76. The maximum Gasteiger partial charge on any atom is 0.276 e. The van der Waals surface area contributed by atoms with Gasteiger partial charge < -0.3 is 10.1 Å². The van der Waals surface area contributed by atoms with E-state index in [1.165, 1.54) is 4.31 Å². The number of hydrogen-bond donors (Lipinski definition) is 1. The van der Waals surface area contributed by atoms with E-state index < -0.39 is 15.9 Å². The molecule has 1 N–H and O–H groups in total. The number of hydrogen-bond acceptors (Lipinski definition) is 6. The van der Waals surface area contributed by atoms with Crippen LogP contribution in [0, 0.1) is 34.6 Å². The van der Waals surface area contributed by atoms with Gasteiger partial charge in [0.15, 0.2) is 11.3 Å². The Balaban J connectivity index is 1.66. The number of morpholine rings is 1. The number of nitrogens with zero attached hydrogens (tertiary/aromatic N) is 4. The zero-order valence-electron chi connectivity index (χ0n) is 22.2. The second-order valence-electron chi connectivity index (χ2n) is 9.75. The Morgan fingerprint density at radius 2 is 1.63 bits per heavy atom. The molecule has 2 aromatic carbocycles. The number of carbonyl (C=O) groups is 1. The van der Waals surface area contributed by atoms with Crippen LogP contribution in [0.1, 0.15) is 38.6 Å². The first-order valence-corrected chi connectivity index (χ1v) is 13.9. The van der Waals surface area contributed by atoms with Crippen molar-refractivity contribution in [2.75, 3.05) is 31.6 Å². The number of aryl methyl sites for hydroxylation is 5. The van der Waals surface area contributed by atoms with Gasteiger partial charge in [0.25, 0.3) is 5.91 Å². The summed E-state index contributed by atoms with van der Waals surface area (Å²) in [5, 5.41) is 7.59. The maximum absolute atomic E-state index is 13.6. The third kappa shape index (κ3) is 4.70. The van der Waals surface area contributed by atoms with Crippen LogP contribution in [0.5, 0.6) is 0 Å². The third-order valence-corrected chi connectivity index (χ3v) is 8.98. The van der Waals surface area contributed by atoms with Gasteiger partial charge in [0.2, 0.25) is 10.0 Å². The molecular weight excluding hydrogens is 502 g/mol. The summed E-state index contributed by atoms with van der Waals surface area (Å²) in [6.07, 6.45) is 0. The smallest absolute Gasteiger partial charge is 0.276 e. The zero-order valence-corrected chi connectivity index (χ0v) is 23.0. The first-order valence-electron chi connectivity index (χ1n) is 12.5. The van der Waals surface area contributed by atoms with Gasteiger partial charge in [-0.2, -0.15) is 9.40 Å². The van der Waals surface area contributed by atoms with Crippen molar-refractivity contribution in [3.63, 3.8) is 0 Å². The molecule has 0 aliphatic carbocycles. The summed E-state index contributed by atoms with van der Waals surface area (Å²) < 4.78 is 35.6. The molecule has 5 rings (SSSR count). The second-order valence-corrected chi connectivity index (χ2v) is 11.7. The molecule has 1 saturated heterocycles. The van der Waals surface area contributed by atoms with Gasteiger partial charge in [0, 0.05) is 30.2 Å². The van der Waals surface area contributed by atoms with Crippen molar-refractivity contribution < 1.29 is 17.9 Å². The first kappa shape index (κ1) is 26.0. The number of nitrogens with one attached hydrogen (secondary N) is 1. The van der Waals surface area contributed by atoms with Gasteiger partial charge in [0.05, 0.1) is 23.7 Å². The fourth-order valence-corrected chi connectivity index (χ4v) is 6.37. The molecule has 1 fully saturated rings. The van der Waals surface area contributed by atoms with Crippen molar-refractivity contribution in [1.29, 1.82) is 0 Å². The molecule has 1 aliphatic heterocycles. The van der Waals surface area contributed by atoms with Crippen molar-refractivity contribution in [3.05, 3.63) is 76.2 Å². The molecule has 2 aromatic heterocycles. The lowest BCUT2D eigenvalue weighted by Gasteiger charge is -2.26. The Morgan fingerprint density at radius 3 is 2.34 bits per heavy atom. The van der Waals surface area contributed by atoms with Crippen molar-refractivity contribution in [1.82, 2.24) is 18.9 Å². The molecular formula is C28H31N5O4S. The number of fused-ring (bicyclic) bond motifs is 1. The summed E-state index contributed by atoms with van der Waals surface area (Å²) in [6.45, 7) is 10.9. The molecule has 9 nitrogen and oxygen atoms in total. The molecule has 38 heavy (non-hydrogen) atoms. The largest absolute Gasteiger partial charge is 0.379 e. The Bertz CT molecular complexity index is 1670. The summed E-state index contributed by atoms with van der Waals surface area (Å²) in [4.78, 5) is 18.5. The molecule has 1 aliphatic rings. The number of carbonyl (C=O) groups excluding carboxylic acids is 1. The summed E-state index contributed by atoms with van der Waals surface area (Å²) in [7, 11) is -3.76. The minimum Gasteiger partial charge on any atom is -0.379 e. The first-order chi connectivity index (χ1) is 18.1. The topological polar surface area (TPSA) is 106 Å². The van der Waals surface area contributed by atoms with Gasteiger partial charge in [-0.3, -0.25) is 4.79 Å². The van der Waals surface area contributed by atoms with E-state index in [0.717, 1.165) is 22.5 Å². The SMILES string of the molecule is Cc1cc(C)n2nc(C(=O)Nc3ccc(C)c(C)c3)c(-c3ccc(C)c(S(=O)(=O)N4CCOCC4)c3)c2n1. The number of rotatable bonds is 5. The molecule has 0 spiro atoms. The van der Waals surface area contributed by atoms with Gasteiger partial charge in [-0.05, 0) is 81.1 Å². The molecule has 3 heterocycles. The Hall–Kier alpha value is -3.60. The van der Waals surface area contributed by atoms with Crippen LogP contribution in [-0.4, -0.2) is 59.5 Å². The predicted octanol–water partition coefficient (Wildman–Crippen LogP) is 4.21. The van der Waals surface area contributed by atoms with Crippen LogP contribution in [0.3, 0.4) is 0 Å². The van der Waals surface area contributed by atoms with Crippen molar-refractivity contribution in [2.24, 2.45) is 0 Å². The van der Waals surface area contributed by atoms with Gasteiger partial charge in [-0.1, -0.05) is 18.2 Å². The Labute approximate surface area is 222 Å². The van der Waals surface area contributed by atoms with E-state index in [1.54, 1.807) is 23.6 Å². The lowest BCUT2D eigenvalue weighted by atomic mass is 10.0. The molecule has 0 saturated carbocycles. The standard InChI is InChI=1S/C28H31N5O4S/c1-17-7-9-23(14-19(17)3)30-28(34)26-25(27-29-20(4)15-21(5)33(27)31-26)22-8-6-18(2)24(16-22)38(35,36)32-10-12-37-13-11-32/h6-9,14-16H,10-13H2,1-5H3,(H,30,34). The average molecular weight is 534 g/mol. The summed E-state index contributed by atoms with van der Waals surface area (Å²) >= 11 is 0. The fourth-order valence-electron chi connectivity index (χ4n) is 4.71. The highest BCUT2D eigenvalue weighted by molar-refractivity contribution is 7.89. The van der Waals surface area contributed by atoms with Crippen molar-refractivity contribution in [3.8, 4) is 11.1 Å². The zero-order chi connectivity index (χ0) is 27.2. The van der Waals surface area contributed by atoms with Crippen LogP contribution < -0.4 is 5.32 Å². The number of anilines is 1. The number of amides is 1. The van der Waals surface area contributed by atoms with E-state index in [4.69, 9.17) is 9.72 Å². The molecule has 198 valence electrons. The fraction of sp³-hybridized carbons (Fsp3) is 0.321. The highest BCUT2D eigenvalue weighted by atomic mass is 32.2. The van der Waals surface area contributed by atoms with Crippen LogP contribution in [0.2, 0.25) is 0 Å².